The lowest BCUT2D eigenvalue weighted by Crippen LogP contribution is -2.23. The molecule has 0 fully saturated rings. The van der Waals surface area contributed by atoms with Crippen LogP contribution in [0.2, 0.25) is 0 Å². The SMILES string of the molecule is CC(=O)Oc1cc(OC(C)=O)cc(C(=O)NCc2ccc(C(=O)O)cc2)c1. The van der Waals surface area contributed by atoms with Crippen molar-refractivity contribution in [2.45, 2.75) is 20.4 Å². The largest absolute Gasteiger partial charge is 0.478 e. The number of ether oxygens (including phenoxy) is 2. The predicted molar refractivity (Wildman–Crippen MR) is 93.6 cm³/mol. The van der Waals surface area contributed by atoms with Gasteiger partial charge in [0.25, 0.3) is 5.91 Å². The molecule has 1 amide bonds. The second-order valence-corrected chi connectivity index (χ2v) is 5.57. The Morgan fingerprint density at radius 1 is 0.852 bits per heavy atom. The molecule has 0 atom stereocenters. The number of hydrogen-bond acceptors (Lipinski definition) is 6. The van der Waals surface area contributed by atoms with E-state index in [1.807, 2.05) is 0 Å². The van der Waals surface area contributed by atoms with Crippen LogP contribution in [0, 0.1) is 0 Å². The summed E-state index contributed by atoms with van der Waals surface area (Å²) in [5.74, 6) is -2.56. The number of benzene rings is 2. The predicted octanol–water partition coefficient (Wildman–Crippen LogP) is 2.17. The monoisotopic (exact) mass is 371 g/mol. The van der Waals surface area contributed by atoms with E-state index in [0.717, 1.165) is 0 Å². The summed E-state index contributed by atoms with van der Waals surface area (Å²) in [6.07, 6.45) is 0. The molecule has 0 aliphatic carbocycles. The number of carbonyl (C=O) groups is 4. The molecule has 2 N–H and O–H groups in total. The maximum absolute atomic E-state index is 12.4. The number of hydrogen-bond donors (Lipinski definition) is 2. The summed E-state index contributed by atoms with van der Waals surface area (Å²) >= 11 is 0. The Bertz CT molecular complexity index is 853. The van der Waals surface area contributed by atoms with Gasteiger partial charge in [-0.1, -0.05) is 12.1 Å². The molecule has 0 aliphatic heterocycles. The molecule has 0 unspecified atom stereocenters. The van der Waals surface area contributed by atoms with E-state index in [4.69, 9.17) is 14.6 Å². The molecule has 2 aromatic carbocycles. The number of rotatable bonds is 6. The Hall–Kier alpha value is -3.68. The Balaban J connectivity index is 2.14. The van der Waals surface area contributed by atoms with Gasteiger partial charge in [-0.3, -0.25) is 14.4 Å². The van der Waals surface area contributed by atoms with E-state index in [2.05, 4.69) is 5.32 Å². The van der Waals surface area contributed by atoms with Crippen molar-refractivity contribution in [1.82, 2.24) is 5.32 Å². The summed E-state index contributed by atoms with van der Waals surface area (Å²) in [5, 5.41) is 11.5. The highest BCUT2D eigenvalue weighted by molar-refractivity contribution is 5.95. The molecule has 8 nitrogen and oxygen atoms in total. The lowest BCUT2D eigenvalue weighted by molar-refractivity contribution is -0.132. The maximum Gasteiger partial charge on any atom is 0.335 e. The van der Waals surface area contributed by atoms with Gasteiger partial charge in [0, 0.05) is 32.0 Å². The van der Waals surface area contributed by atoms with Crippen LogP contribution in [0.25, 0.3) is 0 Å². The average molecular weight is 371 g/mol. The van der Waals surface area contributed by atoms with Gasteiger partial charge < -0.3 is 19.9 Å². The molecular formula is C19H17NO7. The standard InChI is InChI=1S/C19H17NO7/c1-11(21)26-16-7-15(8-17(9-16)27-12(2)22)18(23)20-10-13-3-5-14(6-4-13)19(24)25/h3-9H,10H2,1-2H3,(H,20,23)(H,24,25). The van der Waals surface area contributed by atoms with Crippen LogP contribution in [-0.2, 0) is 16.1 Å². The fraction of sp³-hybridized carbons (Fsp3) is 0.158. The van der Waals surface area contributed by atoms with Gasteiger partial charge in [0.05, 0.1) is 5.56 Å². The van der Waals surface area contributed by atoms with Crippen molar-refractivity contribution in [2.24, 2.45) is 0 Å². The zero-order chi connectivity index (χ0) is 20.0. The molecule has 0 aliphatic rings. The first-order valence-electron chi connectivity index (χ1n) is 7.87. The smallest absolute Gasteiger partial charge is 0.335 e. The van der Waals surface area contributed by atoms with E-state index in [1.165, 1.54) is 44.2 Å². The first-order valence-corrected chi connectivity index (χ1v) is 7.87. The summed E-state index contributed by atoms with van der Waals surface area (Å²) in [5.41, 5.74) is 0.974. The van der Waals surface area contributed by atoms with Crippen molar-refractivity contribution in [1.29, 1.82) is 0 Å². The molecule has 0 saturated heterocycles. The van der Waals surface area contributed by atoms with Crippen LogP contribution >= 0.6 is 0 Å². The first-order chi connectivity index (χ1) is 12.7. The summed E-state index contributed by atoms with van der Waals surface area (Å²) in [6, 6.07) is 10.1. The van der Waals surface area contributed by atoms with E-state index in [0.29, 0.717) is 5.56 Å². The van der Waals surface area contributed by atoms with Crippen molar-refractivity contribution in [3.05, 3.63) is 59.2 Å². The Kier molecular flexibility index (Phi) is 6.27. The van der Waals surface area contributed by atoms with E-state index in [1.54, 1.807) is 12.1 Å². The quantitative estimate of drug-likeness (QED) is 0.590. The molecule has 0 heterocycles. The number of esters is 2. The Labute approximate surface area is 154 Å². The van der Waals surface area contributed by atoms with Gasteiger partial charge in [0.1, 0.15) is 11.5 Å². The maximum atomic E-state index is 12.4. The highest BCUT2D eigenvalue weighted by atomic mass is 16.5. The molecule has 2 rings (SSSR count). The van der Waals surface area contributed by atoms with Crippen molar-refractivity contribution in [3.63, 3.8) is 0 Å². The second kappa shape index (κ2) is 8.61. The first kappa shape index (κ1) is 19.6. The summed E-state index contributed by atoms with van der Waals surface area (Å²) in [7, 11) is 0. The fourth-order valence-electron chi connectivity index (χ4n) is 2.20. The van der Waals surface area contributed by atoms with Gasteiger partial charge in [-0.15, -0.1) is 0 Å². The molecular weight excluding hydrogens is 354 g/mol. The number of carboxylic acids is 1. The van der Waals surface area contributed by atoms with Crippen LogP contribution in [0.5, 0.6) is 11.5 Å². The van der Waals surface area contributed by atoms with Crippen molar-refractivity contribution >= 4 is 23.8 Å². The zero-order valence-electron chi connectivity index (χ0n) is 14.6. The molecule has 140 valence electrons. The Morgan fingerprint density at radius 3 is 1.81 bits per heavy atom. The lowest BCUT2D eigenvalue weighted by atomic mass is 10.1. The summed E-state index contributed by atoms with van der Waals surface area (Å²) < 4.78 is 9.92. The number of carbonyl (C=O) groups excluding carboxylic acids is 3. The molecule has 0 bridgehead atoms. The van der Waals surface area contributed by atoms with Crippen molar-refractivity contribution in [3.8, 4) is 11.5 Å². The van der Waals surface area contributed by atoms with E-state index < -0.39 is 23.8 Å². The minimum atomic E-state index is -1.04. The van der Waals surface area contributed by atoms with E-state index >= 15 is 0 Å². The van der Waals surface area contributed by atoms with Crippen LogP contribution in [0.15, 0.2) is 42.5 Å². The van der Waals surface area contributed by atoms with Crippen molar-refractivity contribution < 1.29 is 33.8 Å². The van der Waals surface area contributed by atoms with Gasteiger partial charge in [0.2, 0.25) is 0 Å². The van der Waals surface area contributed by atoms with Crippen LogP contribution < -0.4 is 14.8 Å². The van der Waals surface area contributed by atoms with Gasteiger partial charge in [-0.2, -0.15) is 0 Å². The molecule has 0 saturated carbocycles. The van der Waals surface area contributed by atoms with Gasteiger partial charge >= 0.3 is 17.9 Å². The van der Waals surface area contributed by atoms with Crippen LogP contribution in [-0.4, -0.2) is 28.9 Å². The van der Waals surface area contributed by atoms with Crippen LogP contribution in [0.4, 0.5) is 0 Å². The van der Waals surface area contributed by atoms with Crippen LogP contribution in [0.1, 0.15) is 40.1 Å². The third kappa shape index (κ3) is 5.96. The Morgan fingerprint density at radius 2 is 1.37 bits per heavy atom. The van der Waals surface area contributed by atoms with Gasteiger partial charge in [-0.05, 0) is 29.8 Å². The van der Waals surface area contributed by atoms with Crippen LogP contribution in [0.3, 0.4) is 0 Å². The van der Waals surface area contributed by atoms with Crippen molar-refractivity contribution in [2.75, 3.05) is 0 Å². The lowest BCUT2D eigenvalue weighted by Gasteiger charge is -2.10. The number of nitrogens with one attached hydrogen (secondary N) is 1. The highest BCUT2D eigenvalue weighted by Crippen LogP contribution is 2.23. The normalized spacial score (nSPS) is 10.0. The number of carboxylic acid groups (broad SMARTS) is 1. The van der Waals surface area contributed by atoms with E-state index in [-0.39, 0.29) is 29.2 Å². The van der Waals surface area contributed by atoms with E-state index in [9.17, 15) is 19.2 Å². The third-order valence-corrected chi connectivity index (χ3v) is 3.32. The fourth-order valence-corrected chi connectivity index (χ4v) is 2.20. The highest BCUT2D eigenvalue weighted by Gasteiger charge is 2.13. The van der Waals surface area contributed by atoms with Gasteiger partial charge in [-0.25, -0.2) is 4.79 Å². The molecule has 2 aromatic rings. The third-order valence-electron chi connectivity index (χ3n) is 3.32. The minimum absolute atomic E-state index is 0.0669. The molecule has 27 heavy (non-hydrogen) atoms. The molecule has 0 radical (unpaired) electrons. The number of amides is 1. The molecule has 8 heteroatoms. The second-order valence-electron chi connectivity index (χ2n) is 5.57. The average Bonchev–Trinajstić information content (AvgIpc) is 2.58. The minimum Gasteiger partial charge on any atom is -0.478 e. The zero-order valence-corrected chi connectivity index (χ0v) is 14.6. The van der Waals surface area contributed by atoms with Gasteiger partial charge in [0.15, 0.2) is 0 Å². The summed E-state index contributed by atoms with van der Waals surface area (Å²) in [6.45, 7) is 2.57. The molecule has 0 aromatic heterocycles. The number of aromatic carboxylic acids is 1. The molecule has 0 spiro atoms. The summed E-state index contributed by atoms with van der Waals surface area (Å²) in [4.78, 5) is 45.5. The topological polar surface area (TPSA) is 119 Å².